The van der Waals surface area contributed by atoms with E-state index in [1.54, 1.807) is 6.92 Å². The number of carbonyl (C=O) groups is 3. The number of alkyl halides is 1. The van der Waals surface area contributed by atoms with Crippen LogP contribution in [0.3, 0.4) is 0 Å². The van der Waals surface area contributed by atoms with Crippen LogP contribution in [0.2, 0.25) is 0 Å². The fourth-order valence-corrected chi connectivity index (χ4v) is 0.863. The topological polar surface area (TPSA) is 69.7 Å². The third kappa shape index (κ3) is 7.52. The van der Waals surface area contributed by atoms with E-state index in [0.29, 0.717) is 24.7 Å². The summed E-state index contributed by atoms with van der Waals surface area (Å²) in [5.74, 6) is -1.20. The molecule has 1 unspecified atom stereocenters. The fraction of sp³-hybridized carbons (Fsp3) is 0.545. The van der Waals surface area contributed by atoms with E-state index in [2.05, 4.69) is 11.3 Å². The number of unbranched alkanes of at least 4 members (excludes halogenated alkanes) is 1. The quantitative estimate of drug-likeness (QED) is 0.164. The molecule has 5 nitrogen and oxygen atoms in total. The molecule has 0 bridgehead atoms. The van der Waals surface area contributed by atoms with Gasteiger partial charge in [0.1, 0.15) is 6.29 Å². The summed E-state index contributed by atoms with van der Waals surface area (Å²) in [7, 11) is 0. The molecule has 0 saturated heterocycles. The monoisotopic (exact) mass is 262 g/mol. The predicted molar refractivity (Wildman–Crippen MR) is 61.7 cm³/mol. The minimum absolute atomic E-state index is 0.139. The van der Waals surface area contributed by atoms with Crippen molar-refractivity contribution >= 4 is 29.8 Å². The van der Waals surface area contributed by atoms with E-state index in [0.717, 1.165) is 0 Å². The van der Waals surface area contributed by atoms with Crippen LogP contribution < -0.4 is 0 Å². The molecule has 0 aliphatic heterocycles. The number of hydrogen-bond acceptors (Lipinski definition) is 5. The van der Waals surface area contributed by atoms with E-state index in [9.17, 15) is 14.4 Å². The zero-order chi connectivity index (χ0) is 13.3. The van der Waals surface area contributed by atoms with Crippen molar-refractivity contribution in [2.45, 2.75) is 25.1 Å². The largest absolute Gasteiger partial charge is 0.464 e. The zero-order valence-corrected chi connectivity index (χ0v) is 10.4. The van der Waals surface area contributed by atoms with E-state index in [-0.39, 0.29) is 13.2 Å². The normalized spacial score (nSPS) is 11.4. The van der Waals surface area contributed by atoms with Crippen LogP contribution in [0.25, 0.3) is 0 Å². The van der Waals surface area contributed by atoms with Crippen LogP contribution in [0.15, 0.2) is 12.2 Å². The van der Waals surface area contributed by atoms with Gasteiger partial charge in [0.25, 0.3) is 0 Å². The van der Waals surface area contributed by atoms with E-state index >= 15 is 0 Å². The zero-order valence-electron chi connectivity index (χ0n) is 9.61. The average molecular weight is 263 g/mol. The smallest absolute Gasteiger partial charge is 0.333 e. The summed E-state index contributed by atoms with van der Waals surface area (Å²) in [6.45, 7) is 5.37. The highest BCUT2D eigenvalue weighted by atomic mass is 35.5. The molecule has 0 N–H and O–H groups in total. The number of aldehydes is 1. The Bertz CT molecular complexity index is 300. The Morgan fingerprint density at radius 2 is 1.82 bits per heavy atom. The maximum absolute atomic E-state index is 10.9. The Balaban J connectivity index is 3.47. The molecule has 96 valence electrons. The summed E-state index contributed by atoms with van der Waals surface area (Å²) < 4.78 is 9.51. The van der Waals surface area contributed by atoms with Crippen molar-refractivity contribution in [1.82, 2.24) is 0 Å². The van der Waals surface area contributed by atoms with Crippen molar-refractivity contribution in [3.8, 4) is 0 Å². The van der Waals surface area contributed by atoms with Gasteiger partial charge in [-0.15, -0.1) is 11.6 Å². The van der Waals surface area contributed by atoms with Crippen molar-refractivity contribution in [2.75, 3.05) is 13.2 Å². The molecule has 6 heteroatoms. The Morgan fingerprint density at radius 1 is 1.29 bits per heavy atom. The summed E-state index contributed by atoms with van der Waals surface area (Å²) in [5.41, 5.74) is 0.340. The second kappa shape index (κ2) is 8.75. The summed E-state index contributed by atoms with van der Waals surface area (Å²) >= 11 is 5.31. The third-order valence-electron chi connectivity index (χ3n) is 1.71. The third-order valence-corrected chi connectivity index (χ3v) is 1.99. The van der Waals surface area contributed by atoms with Gasteiger partial charge in [-0.05, 0) is 19.8 Å². The van der Waals surface area contributed by atoms with Gasteiger partial charge in [-0.2, -0.15) is 0 Å². The first-order valence-corrected chi connectivity index (χ1v) is 5.51. The van der Waals surface area contributed by atoms with Crippen molar-refractivity contribution in [3.63, 3.8) is 0 Å². The van der Waals surface area contributed by atoms with Crippen LogP contribution in [0, 0.1) is 0 Å². The van der Waals surface area contributed by atoms with Gasteiger partial charge in [0.15, 0.2) is 5.38 Å². The van der Waals surface area contributed by atoms with Crippen LogP contribution in [0.1, 0.15) is 19.8 Å². The van der Waals surface area contributed by atoms with Gasteiger partial charge in [-0.3, -0.25) is 0 Å². The molecular weight excluding hydrogens is 248 g/mol. The lowest BCUT2D eigenvalue weighted by atomic mass is 10.3. The Labute approximate surface area is 105 Å². The first kappa shape index (κ1) is 15.6. The first-order valence-electron chi connectivity index (χ1n) is 5.07. The summed E-state index contributed by atoms with van der Waals surface area (Å²) in [4.78, 5) is 32.0. The molecule has 0 aliphatic carbocycles. The van der Waals surface area contributed by atoms with Gasteiger partial charge in [0.05, 0.1) is 13.2 Å². The van der Waals surface area contributed by atoms with Gasteiger partial charge in [-0.25, -0.2) is 9.59 Å². The molecule has 0 heterocycles. The van der Waals surface area contributed by atoms with Crippen molar-refractivity contribution in [1.29, 1.82) is 0 Å². The molecule has 0 aromatic carbocycles. The number of hydrogen-bond donors (Lipinski definition) is 0. The molecular formula is C11H15ClO5. The fourth-order valence-electron chi connectivity index (χ4n) is 0.800. The predicted octanol–water partition coefficient (Wildman–Crippen LogP) is 1.24. The van der Waals surface area contributed by atoms with E-state index in [1.165, 1.54) is 0 Å². The molecule has 0 radical (unpaired) electrons. The minimum atomic E-state index is -1.25. The van der Waals surface area contributed by atoms with Crippen molar-refractivity contribution in [2.24, 2.45) is 0 Å². The van der Waals surface area contributed by atoms with Crippen LogP contribution in [0.5, 0.6) is 0 Å². The molecule has 0 aromatic heterocycles. The number of ether oxygens (including phenoxy) is 2. The van der Waals surface area contributed by atoms with Gasteiger partial charge in [0, 0.05) is 5.57 Å². The maximum Gasteiger partial charge on any atom is 0.333 e. The molecule has 1 atom stereocenters. The van der Waals surface area contributed by atoms with Crippen LogP contribution in [-0.2, 0) is 23.9 Å². The summed E-state index contributed by atoms with van der Waals surface area (Å²) in [6.07, 6.45) is 1.39. The van der Waals surface area contributed by atoms with Gasteiger partial charge >= 0.3 is 11.9 Å². The number of esters is 2. The molecule has 0 fully saturated rings. The maximum atomic E-state index is 10.9. The highest BCUT2D eigenvalue weighted by Gasteiger charge is 2.14. The minimum Gasteiger partial charge on any atom is -0.464 e. The SMILES string of the molecule is C=C(C)C(=O)OCCCCOC(=O)C(Cl)C=O. The van der Waals surface area contributed by atoms with E-state index in [1.807, 2.05) is 0 Å². The molecule has 0 spiro atoms. The molecule has 0 saturated carbocycles. The molecule has 0 aromatic rings. The van der Waals surface area contributed by atoms with Crippen molar-refractivity contribution < 1.29 is 23.9 Å². The van der Waals surface area contributed by atoms with Gasteiger partial charge < -0.3 is 14.3 Å². The molecule has 0 amide bonds. The summed E-state index contributed by atoms with van der Waals surface area (Å²) in [6, 6.07) is 0. The van der Waals surface area contributed by atoms with Gasteiger partial charge in [0.2, 0.25) is 0 Å². The molecule has 0 rings (SSSR count). The lowest BCUT2D eigenvalue weighted by Gasteiger charge is -2.06. The second-order valence-electron chi connectivity index (χ2n) is 3.33. The van der Waals surface area contributed by atoms with Crippen LogP contribution in [0.4, 0.5) is 0 Å². The van der Waals surface area contributed by atoms with E-state index in [4.69, 9.17) is 16.3 Å². The summed E-state index contributed by atoms with van der Waals surface area (Å²) in [5, 5.41) is -1.25. The van der Waals surface area contributed by atoms with Crippen LogP contribution >= 0.6 is 11.6 Å². The Morgan fingerprint density at radius 3 is 2.29 bits per heavy atom. The Kier molecular flexibility index (Phi) is 8.05. The first-order chi connectivity index (χ1) is 7.99. The van der Waals surface area contributed by atoms with E-state index < -0.39 is 17.3 Å². The lowest BCUT2D eigenvalue weighted by Crippen LogP contribution is -2.19. The molecule has 17 heavy (non-hydrogen) atoms. The number of rotatable bonds is 8. The lowest BCUT2D eigenvalue weighted by molar-refractivity contribution is -0.145. The van der Waals surface area contributed by atoms with Crippen LogP contribution in [-0.4, -0.2) is 36.8 Å². The highest BCUT2D eigenvalue weighted by molar-refractivity contribution is 6.37. The Hall–Kier alpha value is -1.36. The number of carbonyl (C=O) groups excluding carboxylic acids is 3. The van der Waals surface area contributed by atoms with Gasteiger partial charge in [-0.1, -0.05) is 6.58 Å². The second-order valence-corrected chi connectivity index (χ2v) is 3.80. The van der Waals surface area contributed by atoms with Crippen molar-refractivity contribution in [3.05, 3.63) is 12.2 Å². The standard InChI is InChI=1S/C11H15ClO5/c1-8(2)10(14)16-5-3-4-6-17-11(15)9(12)7-13/h7,9H,1,3-6H2,2H3. The highest BCUT2D eigenvalue weighted by Crippen LogP contribution is 1.99. The average Bonchev–Trinajstić information content (AvgIpc) is 2.31. The number of halogens is 1. The molecule has 0 aliphatic rings.